The van der Waals surface area contributed by atoms with Gasteiger partial charge in [-0.3, -0.25) is 4.79 Å². The standard InChI is InChI=1S/C22H23FN2O8S/c1-14(21(26)24-12-15-2-5-18-19(10-15)32-13-31-18)33-22(27)16-3-4-17(23)20(11-16)34(28,29)25-6-8-30-9-7-25/h2-5,10-11,14H,6-9,12-13H2,1H3,(H,24,26)/t14-/m1/s1. The Hall–Kier alpha value is -3.22. The van der Waals surface area contributed by atoms with Crippen molar-refractivity contribution >= 4 is 21.9 Å². The van der Waals surface area contributed by atoms with Crippen molar-refractivity contribution in [3.05, 3.63) is 53.3 Å². The summed E-state index contributed by atoms with van der Waals surface area (Å²) in [6, 6.07) is 8.12. The summed E-state index contributed by atoms with van der Waals surface area (Å²) in [5.74, 6) is -1.31. The molecule has 12 heteroatoms. The number of nitrogens with one attached hydrogen (secondary N) is 1. The number of carbonyl (C=O) groups is 2. The number of fused-ring (bicyclic) bond motifs is 1. The molecule has 4 rings (SSSR count). The predicted molar refractivity (Wildman–Crippen MR) is 115 cm³/mol. The number of amides is 1. The summed E-state index contributed by atoms with van der Waals surface area (Å²) in [6.07, 6.45) is -1.18. The van der Waals surface area contributed by atoms with Crippen molar-refractivity contribution in [3.63, 3.8) is 0 Å². The van der Waals surface area contributed by atoms with E-state index in [1.807, 2.05) is 0 Å². The van der Waals surface area contributed by atoms with Crippen molar-refractivity contribution in [1.29, 1.82) is 0 Å². The maximum Gasteiger partial charge on any atom is 0.338 e. The van der Waals surface area contributed by atoms with E-state index in [0.29, 0.717) is 11.5 Å². The Morgan fingerprint density at radius 3 is 2.62 bits per heavy atom. The van der Waals surface area contributed by atoms with Crippen LogP contribution in [0.25, 0.3) is 0 Å². The van der Waals surface area contributed by atoms with Crippen LogP contribution in [0.4, 0.5) is 4.39 Å². The molecule has 34 heavy (non-hydrogen) atoms. The third-order valence-corrected chi connectivity index (χ3v) is 7.23. The number of morpholine rings is 1. The van der Waals surface area contributed by atoms with E-state index in [2.05, 4.69) is 5.32 Å². The Bertz CT molecular complexity index is 1200. The highest BCUT2D eigenvalue weighted by Gasteiger charge is 2.30. The first kappa shape index (κ1) is 23.9. The average molecular weight is 494 g/mol. The van der Waals surface area contributed by atoms with Crippen LogP contribution in [0.15, 0.2) is 41.3 Å². The van der Waals surface area contributed by atoms with Crippen LogP contribution in [0.2, 0.25) is 0 Å². The van der Waals surface area contributed by atoms with Crippen molar-refractivity contribution in [1.82, 2.24) is 9.62 Å². The number of ether oxygens (including phenoxy) is 4. The molecule has 0 unspecified atom stereocenters. The third-order valence-electron chi connectivity index (χ3n) is 5.31. The topological polar surface area (TPSA) is 120 Å². The summed E-state index contributed by atoms with van der Waals surface area (Å²) in [7, 11) is -4.17. The third kappa shape index (κ3) is 5.13. The second kappa shape index (κ2) is 9.95. The molecule has 182 valence electrons. The van der Waals surface area contributed by atoms with Crippen LogP contribution in [0, 0.1) is 5.82 Å². The van der Waals surface area contributed by atoms with Gasteiger partial charge in [0.15, 0.2) is 17.6 Å². The molecule has 2 aromatic rings. The van der Waals surface area contributed by atoms with Crippen LogP contribution < -0.4 is 14.8 Å². The minimum Gasteiger partial charge on any atom is -0.454 e. The summed E-state index contributed by atoms with van der Waals surface area (Å²) in [6.45, 7) is 2.23. The first-order valence-corrected chi connectivity index (χ1v) is 11.9. The summed E-state index contributed by atoms with van der Waals surface area (Å²) < 4.78 is 61.9. The van der Waals surface area contributed by atoms with Gasteiger partial charge in [0.1, 0.15) is 10.7 Å². The molecule has 0 bridgehead atoms. The first-order chi connectivity index (χ1) is 16.3. The van der Waals surface area contributed by atoms with E-state index in [-0.39, 0.29) is 45.2 Å². The highest BCUT2D eigenvalue weighted by Crippen LogP contribution is 2.32. The van der Waals surface area contributed by atoms with Gasteiger partial charge in [-0.1, -0.05) is 6.07 Å². The molecule has 2 heterocycles. The van der Waals surface area contributed by atoms with Crippen molar-refractivity contribution in [2.24, 2.45) is 0 Å². The van der Waals surface area contributed by atoms with Gasteiger partial charge in [0.25, 0.3) is 5.91 Å². The molecule has 2 aliphatic heterocycles. The Balaban J connectivity index is 1.38. The molecule has 1 fully saturated rings. The second-order valence-electron chi connectivity index (χ2n) is 7.61. The molecule has 10 nitrogen and oxygen atoms in total. The normalized spacial score (nSPS) is 16.6. The molecule has 1 N–H and O–H groups in total. The summed E-state index contributed by atoms with van der Waals surface area (Å²) >= 11 is 0. The lowest BCUT2D eigenvalue weighted by atomic mass is 10.2. The molecule has 0 saturated carbocycles. The van der Waals surface area contributed by atoms with Gasteiger partial charge in [0, 0.05) is 19.6 Å². The number of benzene rings is 2. The minimum absolute atomic E-state index is 0.0804. The van der Waals surface area contributed by atoms with Crippen LogP contribution in [0.1, 0.15) is 22.8 Å². The van der Waals surface area contributed by atoms with Crippen molar-refractivity contribution in [2.45, 2.75) is 24.5 Å². The smallest absolute Gasteiger partial charge is 0.338 e. The zero-order chi connectivity index (χ0) is 24.3. The predicted octanol–water partition coefficient (Wildman–Crippen LogP) is 1.44. The molecule has 1 atom stereocenters. The van der Waals surface area contributed by atoms with Crippen LogP contribution in [0.3, 0.4) is 0 Å². The lowest BCUT2D eigenvalue weighted by Crippen LogP contribution is -2.41. The molecular weight excluding hydrogens is 471 g/mol. The van der Waals surface area contributed by atoms with Crippen molar-refractivity contribution in [2.75, 3.05) is 33.1 Å². The van der Waals surface area contributed by atoms with Crippen LogP contribution in [-0.2, 0) is 30.8 Å². The first-order valence-electron chi connectivity index (χ1n) is 10.5. The van der Waals surface area contributed by atoms with Crippen LogP contribution in [-0.4, -0.2) is 63.8 Å². The number of esters is 1. The molecule has 0 radical (unpaired) electrons. The fourth-order valence-electron chi connectivity index (χ4n) is 3.42. The fourth-order valence-corrected chi connectivity index (χ4v) is 4.92. The molecule has 2 aliphatic rings. The molecule has 2 aromatic carbocycles. The Kier molecular flexibility index (Phi) is 7.00. The quantitative estimate of drug-likeness (QED) is 0.574. The van der Waals surface area contributed by atoms with Crippen molar-refractivity contribution in [3.8, 4) is 11.5 Å². The molecule has 1 saturated heterocycles. The van der Waals surface area contributed by atoms with E-state index < -0.39 is 38.7 Å². The number of hydrogen-bond acceptors (Lipinski definition) is 8. The highest BCUT2D eigenvalue weighted by atomic mass is 32.2. The fraction of sp³-hybridized carbons (Fsp3) is 0.364. The summed E-state index contributed by atoms with van der Waals surface area (Å²) in [4.78, 5) is 24.3. The largest absolute Gasteiger partial charge is 0.454 e. The van der Waals surface area contributed by atoms with Gasteiger partial charge >= 0.3 is 5.97 Å². The Labute approximate surface area is 195 Å². The molecule has 0 aromatic heterocycles. The summed E-state index contributed by atoms with van der Waals surface area (Å²) in [5, 5.41) is 2.65. The number of sulfonamides is 1. The number of carbonyl (C=O) groups excluding carboxylic acids is 2. The van der Waals surface area contributed by atoms with Gasteiger partial charge in [0.05, 0.1) is 18.8 Å². The van der Waals surface area contributed by atoms with Gasteiger partial charge in [-0.2, -0.15) is 4.31 Å². The zero-order valence-corrected chi connectivity index (χ0v) is 19.1. The van der Waals surface area contributed by atoms with E-state index in [4.69, 9.17) is 18.9 Å². The average Bonchev–Trinajstić information content (AvgIpc) is 3.31. The second-order valence-corrected chi connectivity index (χ2v) is 9.52. The monoisotopic (exact) mass is 494 g/mol. The lowest BCUT2D eigenvalue weighted by molar-refractivity contribution is -0.129. The minimum atomic E-state index is -4.17. The Morgan fingerprint density at radius 2 is 1.85 bits per heavy atom. The highest BCUT2D eigenvalue weighted by molar-refractivity contribution is 7.89. The van der Waals surface area contributed by atoms with Crippen molar-refractivity contribution < 1.29 is 41.3 Å². The molecule has 0 aliphatic carbocycles. The number of rotatable bonds is 7. The number of hydrogen-bond donors (Lipinski definition) is 1. The van der Waals surface area contributed by atoms with Crippen LogP contribution in [0.5, 0.6) is 11.5 Å². The maximum absolute atomic E-state index is 14.3. The van der Waals surface area contributed by atoms with E-state index in [0.717, 1.165) is 28.1 Å². The molecule has 1 amide bonds. The molecular formula is C22H23FN2O8S. The maximum atomic E-state index is 14.3. The lowest BCUT2D eigenvalue weighted by Gasteiger charge is -2.26. The van der Waals surface area contributed by atoms with E-state index >= 15 is 0 Å². The van der Waals surface area contributed by atoms with Crippen LogP contribution >= 0.6 is 0 Å². The van der Waals surface area contributed by atoms with E-state index in [1.165, 1.54) is 6.92 Å². The summed E-state index contributed by atoms with van der Waals surface area (Å²) in [5.41, 5.74) is 0.566. The zero-order valence-electron chi connectivity index (χ0n) is 18.3. The number of halogens is 1. The van der Waals surface area contributed by atoms with Gasteiger partial charge in [-0.05, 0) is 42.8 Å². The SMILES string of the molecule is C[C@@H](OC(=O)c1ccc(F)c(S(=O)(=O)N2CCOCC2)c1)C(=O)NCc1ccc2c(c1)OCO2. The van der Waals surface area contributed by atoms with Gasteiger partial charge < -0.3 is 24.3 Å². The van der Waals surface area contributed by atoms with Gasteiger partial charge in [-0.15, -0.1) is 0 Å². The Morgan fingerprint density at radius 1 is 1.12 bits per heavy atom. The van der Waals surface area contributed by atoms with Gasteiger partial charge in [-0.25, -0.2) is 17.6 Å². The van der Waals surface area contributed by atoms with E-state index in [9.17, 15) is 22.4 Å². The number of nitrogens with zero attached hydrogens (tertiary/aromatic N) is 1. The van der Waals surface area contributed by atoms with E-state index in [1.54, 1.807) is 18.2 Å². The molecule has 0 spiro atoms. The van der Waals surface area contributed by atoms with Gasteiger partial charge in [0.2, 0.25) is 16.8 Å².